The van der Waals surface area contributed by atoms with E-state index in [0.29, 0.717) is 13.1 Å². The van der Waals surface area contributed by atoms with Crippen molar-refractivity contribution in [2.24, 2.45) is 5.73 Å². The summed E-state index contributed by atoms with van der Waals surface area (Å²) in [4.78, 5) is 0. The maximum Gasteiger partial charge on any atom is 0.0786 e. The van der Waals surface area contributed by atoms with Crippen LogP contribution in [0.5, 0.6) is 0 Å². The van der Waals surface area contributed by atoms with Crippen LogP contribution in [-0.4, -0.2) is 30.8 Å². The largest absolute Gasteiger partial charge is 0.390 e. The molecule has 0 spiro atoms. The Morgan fingerprint density at radius 2 is 1.94 bits per heavy atom. The molecule has 0 heterocycles. The van der Waals surface area contributed by atoms with Gasteiger partial charge in [-0.15, -0.1) is 0 Å². The lowest BCUT2D eigenvalue weighted by Gasteiger charge is -2.26. The maximum atomic E-state index is 9.37. The highest BCUT2D eigenvalue weighted by Crippen LogP contribution is 2.23. The van der Waals surface area contributed by atoms with Crippen LogP contribution in [0.15, 0.2) is 28.7 Å². The molecule has 0 saturated heterocycles. The number of halogens is 1. The third kappa shape index (κ3) is 4.76. The van der Waals surface area contributed by atoms with E-state index < -0.39 is 6.10 Å². The fourth-order valence-corrected chi connectivity index (χ4v) is 1.90. The van der Waals surface area contributed by atoms with Gasteiger partial charge in [-0.25, -0.2) is 0 Å². The molecule has 1 aromatic carbocycles. The molecule has 4 N–H and O–H groups in total. The van der Waals surface area contributed by atoms with Gasteiger partial charge in [0.2, 0.25) is 0 Å². The minimum atomic E-state index is -0.462. The van der Waals surface area contributed by atoms with Gasteiger partial charge in [0.25, 0.3) is 0 Å². The molecular formula is C13H21BrN2O. The van der Waals surface area contributed by atoms with Crippen LogP contribution in [0.4, 0.5) is 0 Å². The average Bonchev–Trinajstić information content (AvgIpc) is 2.29. The zero-order chi connectivity index (χ0) is 12.9. The molecule has 17 heavy (non-hydrogen) atoms. The Labute approximate surface area is 112 Å². The van der Waals surface area contributed by atoms with Gasteiger partial charge in [0.1, 0.15) is 0 Å². The predicted molar refractivity (Wildman–Crippen MR) is 75.1 cm³/mol. The number of hydrogen-bond acceptors (Lipinski definition) is 3. The quantitative estimate of drug-likeness (QED) is 0.748. The molecule has 1 aromatic rings. The van der Waals surface area contributed by atoms with Crippen LogP contribution in [0.25, 0.3) is 0 Å². The molecule has 1 rings (SSSR count). The molecule has 0 aliphatic rings. The number of aliphatic hydroxyl groups is 1. The smallest absolute Gasteiger partial charge is 0.0786 e. The van der Waals surface area contributed by atoms with Gasteiger partial charge in [0.15, 0.2) is 0 Å². The molecule has 0 fully saturated rings. The lowest BCUT2D eigenvalue weighted by Crippen LogP contribution is -2.39. The monoisotopic (exact) mass is 300 g/mol. The summed E-state index contributed by atoms with van der Waals surface area (Å²) in [6.07, 6.45) is -0.462. The van der Waals surface area contributed by atoms with Gasteiger partial charge in [-0.05, 0) is 17.7 Å². The Morgan fingerprint density at radius 1 is 1.35 bits per heavy atom. The number of rotatable bonds is 6. The summed E-state index contributed by atoms with van der Waals surface area (Å²) in [7, 11) is 0. The molecule has 0 aliphatic heterocycles. The van der Waals surface area contributed by atoms with Crippen LogP contribution in [0.3, 0.4) is 0 Å². The molecule has 1 unspecified atom stereocenters. The number of benzene rings is 1. The molecule has 0 aliphatic carbocycles. The molecular weight excluding hydrogens is 280 g/mol. The van der Waals surface area contributed by atoms with E-state index in [4.69, 9.17) is 5.73 Å². The second-order valence-corrected chi connectivity index (χ2v) is 5.83. The van der Waals surface area contributed by atoms with E-state index in [1.54, 1.807) is 0 Å². The van der Waals surface area contributed by atoms with Crippen LogP contribution in [0.2, 0.25) is 0 Å². The Balaban J connectivity index is 2.53. The van der Waals surface area contributed by atoms with E-state index in [0.717, 1.165) is 11.0 Å². The zero-order valence-corrected chi connectivity index (χ0v) is 12.0. The van der Waals surface area contributed by atoms with Crippen molar-refractivity contribution in [3.8, 4) is 0 Å². The molecule has 4 heteroatoms. The Kier molecular flexibility index (Phi) is 5.59. The van der Waals surface area contributed by atoms with E-state index in [1.165, 1.54) is 5.56 Å². The van der Waals surface area contributed by atoms with Crippen molar-refractivity contribution >= 4 is 15.9 Å². The standard InChI is InChI=1S/C13H21BrN2O/c1-13(2,9-16-8-12(17)7-15)10-3-5-11(14)6-4-10/h3-6,12,16-17H,7-9,15H2,1-2H3. The number of hydrogen-bond donors (Lipinski definition) is 3. The summed E-state index contributed by atoms with van der Waals surface area (Å²) >= 11 is 3.43. The van der Waals surface area contributed by atoms with Gasteiger partial charge >= 0.3 is 0 Å². The second-order valence-electron chi connectivity index (χ2n) is 4.91. The summed E-state index contributed by atoms with van der Waals surface area (Å²) in [6.45, 7) is 6.00. The Morgan fingerprint density at radius 3 is 2.47 bits per heavy atom. The van der Waals surface area contributed by atoms with Crippen molar-refractivity contribution < 1.29 is 5.11 Å². The van der Waals surface area contributed by atoms with Gasteiger partial charge in [-0.2, -0.15) is 0 Å². The summed E-state index contributed by atoms with van der Waals surface area (Å²) < 4.78 is 1.09. The summed E-state index contributed by atoms with van der Waals surface area (Å²) in [5, 5.41) is 12.6. The summed E-state index contributed by atoms with van der Waals surface area (Å²) in [6, 6.07) is 8.33. The van der Waals surface area contributed by atoms with E-state index in [2.05, 4.69) is 47.2 Å². The van der Waals surface area contributed by atoms with Gasteiger partial charge < -0.3 is 16.2 Å². The Hall–Kier alpha value is -0.420. The van der Waals surface area contributed by atoms with Crippen molar-refractivity contribution in [3.63, 3.8) is 0 Å². The van der Waals surface area contributed by atoms with Crippen LogP contribution >= 0.6 is 15.9 Å². The highest BCUT2D eigenvalue weighted by atomic mass is 79.9. The second kappa shape index (κ2) is 6.50. The third-order valence-electron chi connectivity index (χ3n) is 2.84. The Bertz CT molecular complexity index is 338. The topological polar surface area (TPSA) is 58.3 Å². The van der Waals surface area contributed by atoms with Gasteiger partial charge in [0.05, 0.1) is 6.10 Å². The predicted octanol–water partition coefficient (Wildman–Crippen LogP) is 1.64. The molecule has 0 amide bonds. The minimum absolute atomic E-state index is 0.0367. The molecule has 0 aromatic heterocycles. The first-order valence-corrected chi connectivity index (χ1v) is 6.60. The fourth-order valence-electron chi connectivity index (χ4n) is 1.64. The van der Waals surface area contributed by atoms with E-state index in [9.17, 15) is 5.11 Å². The van der Waals surface area contributed by atoms with Gasteiger partial charge in [0, 0.05) is 29.5 Å². The lowest BCUT2D eigenvalue weighted by molar-refractivity contribution is 0.177. The van der Waals surface area contributed by atoms with Crippen molar-refractivity contribution in [3.05, 3.63) is 34.3 Å². The summed E-state index contributed by atoms with van der Waals surface area (Å²) in [5.41, 5.74) is 6.66. The summed E-state index contributed by atoms with van der Waals surface area (Å²) in [5.74, 6) is 0. The molecule has 96 valence electrons. The fraction of sp³-hybridized carbons (Fsp3) is 0.538. The average molecular weight is 301 g/mol. The number of nitrogens with one attached hydrogen (secondary N) is 1. The first kappa shape index (κ1) is 14.6. The van der Waals surface area contributed by atoms with E-state index >= 15 is 0 Å². The lowest BCUT2D eigenvalue weighted by atomic mass is 9.84. The van der Waals surface area contributed by atoms with Crippen LogP contribution in [-0.2, 0) is 5.41 Å². The van der Waals surface area contributed by atoms with Crippen LogP contribution in [0, 0.1) is 0 Å². The number of nitrogens with two attached hydrogens (primary N) is 1. The van der Waals surface area contributed by atoms with Crippen molar-refractivity contribution in [2.75, 3.05) is 19.6 Å². The highest BCUT2D eigenvalue weighted by molar-refractivity contribution is 9.10. The van der Waals surface area contributed by atoms with Crippen LogP contribution < -0.4 is 11.1 Å². The van der Waals surface area contributed by atoms with E-state index in [-0.39, 0.29) is 5.41 Å². The maximum absolute atomic E-state index is 9.37. The molecule has 0 bridgehead atoms. The number of aliphatic hydroxyl groups excluding tert-OH is 1. The van der Waals surface area contributed by atoms with Crippen molar-refractivity contribution in [2.45, 2.75) is 25.4 Å². The van der Waals surface area contributed by atoms with Crippen LogP contribution in [0.1, 0.15) is 19.4 Å². The van der Waals surface area contributed by atoms with E-state index in [1.807, 2.05) is 12.1 Å². The molecule has 0 saturated carbocycles. The first-order valence-electron chi connectivity index (χ1n) is 5.80. The normalized spacial score (nSPS) is 13.7. The van der Waals surface area contributed by atoms with Crippen molar-refractivity contribution in [1.29, 1.82) is 0 Å². The van der Waals surface area contributed by atoms with Crippen molar-refractivity contribution in [1.82, 2.24) is 5.32 Å². The molecule has 3 nitrogen and oxygen atoms in total. The minimum Gasteiger partial charge on any atom is -0.390 e. The van der Waals surface area contributed by atoms with Gasteiger partial charge in [-0.3, -0.25) is 0 Å². The highest BCUT2D eigenvalue weighted by Gasteiger charge is 2.20. The van der Waals surface area contributed by atoms with Gasteiger partial charge in [-0.1, -0.05) is 41.9 Å². The zero-order valence-electron chi connectivity index (χ0n) is 10.4. The SMILES string of the molecule is CC(C)(CNCC(O)CN)c1ccc(Br)cc1. The molecule has 0 radical (unpaired) electrons. The molecule has 1 atom stereocenters. The third-order valence-corrected chi connectivity index (χ3v) is 3.37. The first-order chi connectivity index (χ1) is 7.95.